The highest BCUT2D eigenvalue weighted by atomic mass is 16.6. The minimum Gasteiger partial charge on any atom is -0.361 e. The molecule has 0 aromatic heterocycles. The smallest absolute Gasteiger partial charge is 0.271 e. The van der Waals surface area contributed by atoms with Crippen LogP contribution in [0.25, 0.3) is 0 Å². The van der Waals surface area contributed by atoms with Crippen LogP contribution >= 0.6 is 0 Å². The molecule has 0 aliphatic rings. The second-order valence-corrected chi connectivity index (χ2v) is 4.52. The van der Waals surface area contributed by atoms with Crippen molar-refractivity contribution in [2.75, 3.05) is 5.32 Å². The second kappa shape index (κ2) is 6.47. The fourth-order valence-corrected chi connectivity index (χ4v) is 1.74. The van der Waals surface area contributed by atoms with Gasteiger partial charge in [-0.05, 0) is 13.0 Å². The number of nitrogens with one attached hydrogen (secondary N) is 1. The number of nitrogens with zero attached hydrogens (tertiary/aromatic N) is 1. The third-order valence-corrected chi connectivity index (χ3v) is 2.88. The summed E-state index contributed by atoms with van der Waals surface area (Å²) < 4.78 is 0. The van der Waals surface area contributed by atoms with Crippen molar-refractivity contribution in [2.24, 2.45) is 0 Å². The lowest BCUT2D eigenvalue weighted by atomic mass is 10.1. The number of nitro groups is 1. The highest BCUT2D eigenvalue weighted by Gasteiger charge is 2.04. The van der Waals surface area contributed by atoms with E-state index >= 15 is 0 Å². The molecular weight excluding hydrogens is 268 g/mol. The molecule has 0 heterocycles. The summed E-state index contributed by atoms with van der Waals surface area (Å²) in [5, 5.41) is 13.5. The molecule has 0 aliphatic heterocycles. The topological polar surface area (TPSA) is 72.2 Å². The molecule has 0 atom stereocenters. The SMILES string of the molecule is Cc1ccc(C(=O)C=CNc2cccc([N+](=O)[O-])c2)cc1. The van der Waals surface area contributed by atoms with Gasteiger partial charge in [0.25, 0.3) is 5.69 Å². The van der Waals surface area contributed by atoms with Crippen molar-refractivity contribution in [3.05, 3.63) is 82.0 Å². The first-order valence-corrected chi connectivity index (χ1v) is 6.35. The molecule has 0 bridgehead atoms. The summed E-state index contributed by atoms with van der Waals surface area (Å²) in [6.45, 7) is 1.95. The highest BCUT2D eigenvalue weighted by molar-refractivity contribution is 6.04. The van der Waals surface area contributed by atoms with E-state index in [9.17, 15) is 14.9 Å². The molecule has 0 saturated heterocycles. The number of carbonyl (C=O) groups excluding carboxylic acids is 1. The first-order chi connectivity index (χ1) is 10.1. The quantitative estimate of drug-likeness (QED) is 0.392. The maximum atomic E-state index is 11.9. The first kappa shape index (κ1) is 14.5. The monoisotopic (exact) mass is 282 g/mol. The van der Waals surface area contributed by atoms with E-state index in [1.165, 1.54) is 24.4 Å². The van der Waals surface area contributed by atoms with Crippen molar-refractivity contribution >= 4 is 17.2 Å². The number of benzene rings is 2. The van der Waals surface area contributed by atoms with Crippen molar-refractivity contribution < 1.29 is 9.72 Å². The van der Waals surface area contributed by atoms with Crippen LogP contribution in [0.2, 0.25) is 0 Å². The average molecular weight is 282 g/mol. The summed E-state index contributed by atoms with van der Waals surface area (Å²) in [5.41, 5.74) is 2.23. The van der Waals surface area contributed by atoms with Gasteiger partial charge in [-0.15, -0.1) is 0 Å². The van der Waals surface area contributed by atoms with Gasteiger partial charge >= 0.3 is 0 Å². The van der Waals surface area contributed by atoms with E-state index in [1.807, 2.05) is 19.1 Å². The number of non-ortho nitro benzene ring substituents is 1. The summed E-state index contributed by atoms with van der Waals surface area (Å²) in [4.78, 5) is 22.1. The number of rotatable bonds is 5. The van der Waals surface area contributed by atoms with Gasteiger partial charge in [-0.3, -0.25) is 14.9 Å². The van der Waals surface area contributed by atoms with Crippen LogP contribution in [0.3, 0.4) is 0 Å². The molecule has 0 fully saturated rings. The fraction of sp³-hybridized carbons (Fsp3) is 0.0625. The van der Waals surface area contributed by atoms with Gasteiger partial charge in [-0.2, -0.15) is 0 Å². The van der Waals surface area contributed by atoms with Gasteiger partial charge in [0.2, 0.25) is 0 Å². The lowest BCUT2D eigenvalue weighted by Gasteiger charge is -2.00. The molecule has 0 unspecified atom stereocenters. The molecule has 0 aliphatic carbocycles. The van der Waals surface area contributed by atoms with Crippen molar-refractivity contribution in [3.8, 4) is 0 Å². The Kier molecular flexibility index (Phi) is 4.46. The Bertz CT molecular complexity index is 691. The zero-order valence-corrected chi connectivity index (χ0v) is 11.4. The molecule has 0 radical (unpaired) electrons. The van der Waals surface area contributed by atoms with E-state index in [0.29, 0.717) is 11.3 Å². The highest BCUT2D eigenvalue weighted by Crippen LogP contribution is 2.16. The summed E-state index contributed by atoms with van der Waals surface area (Å²) in [5.74, 6) is -0.132. The number of carbonyl (C=O) groups is 1. The Morgan fingerprint density at radius 2 is 1.90 bits per heavy atom. The summed E-state index contributed by atoms with van der Waals surface area (Å²) in [6, 6.07) is 13.3. The molecule has 0 spiro atoms. The van der Waals surface area contributed by atoms with Crippen LogP contribution in [0, 0.1) is 17.0 Å². The van der Waals surface area contributed by atoms with Gasteiger partial charge in [-0.25, -0.2) is 0 Å². The average Bonchev–Trinajstić information content (AvgIpc) is 2.48. The standard InChI is InChI=1S/C16H14N2O3/c1-12-5-7-13(8-6-12)16(19)9-10-17-14-3-2-4-15(11-14)18(20)21/h2-11,17H,1H3. The van der Waals surface area contributed by atoms with E-state index in [2.05, 4.69) is 5.32 Å². The van der Waals surface area contributed by atoms with E-state index in [0.717, 1.165) is 5.56 Å². The first-order valence-electron chi connectivity index (χ1n) is 6.35. The molecule has 21 heavy (non-hydrogen) atoms. The van der Waals surface area contributed by atoms with Crippen LogP contribution in [0.15, 0.2) is 60.8 Å². The van der Waals surface area contributed by atoms with Gasteiger partial charge in [0.05, 0.1) is 4.92 Å². The zero-order valence-electron chi connectivity index (χ0n) is 11.4. The molecule has 0 saturated carbocycles. The molecule has 1 N–H and O–H groups in total. The van der Waals surface area contributed by atoms with E-state index < -0.39 is 4.92 Å². The Morgan fingerprint density at radius 3 is 2.57 bits per heavy atom. The second-order valence-electron chi connectivity index (χ2n) is 4.52. The molecule has 5 heteroatoms. The van der Waals surface area contributed by atoms with E-state index in [1.54, 1.807) is 24.3 Å². The Morgan fingerprint density at radius 1 is 1.19 bits per heavy atom. The minimum atomic E-state index is -0.466. The third-order valence-electron chi connectivity index (χ3n) is 2.88. The lowest BCUT2D eigenvalue weighted by Crippen LogP contribution is -1.96. The van der Waals surface area contributed by atoms with Gasteiger partial charge in [0.1, 0.15) is 0 Å². The minimum absolute atomic E-state index is 0.00161. The third kappa shape index (κ3) is 4.01. The number of anilines is 1. The van der Waals surface area contributed by atoms with Crippen molar-refractivity contribution in [3.63, 3.8) is 0 Å². The maximum Gasteiger partial charge on any atom is 0.271 e. The number of aryl methyl sites for hydroxylation is 1. The number of hydrogen-bond donors (Lipinski definition) is 1. The van der Waals surface area contributed by atoms with E-state index in [-0.39, 0.29) is 11.5 Å². The molecule has 2 rings (SSSR count). The Balaban J connectivity index is 2.02. The van der Waals surface area contributed by atoms with Crippen molar-refractivity contribution in [1.29, 1.82) is 0 Å². The molecule has 0 amide bonds. The van der Waals surface area contributed by atoms with Crippen LogP contribution in [0.5, 0.6) is 0 Å². The van der Waals surface area contributed by atoms with Crippen LogP contribution < -0.4 is 5.32 Å². The molecule has 2 aromatic carbocycles. The fourth-order valence-electron chi connectivity index (χ4n) is 1.74. The largest absolute Gasteiger partial charge is 0.361 e. The van der Waals surface area contributed by atoms with Gasteiger partial charge in [0, 0.05) is 35.7 Å². The molecular formula is C16H14N2O3. The van der Waals surface area contributed by atoms with Crippen LogP contribution in [0.1, 0.15) is 15.9 Å². The van der Waals surface area contributed by atoms with Crippen LogP contribution in [0.4, 0.5) is 11.4 Å². The zero-order chi connectivity index (χ0) is 15.2. The van der Waals surface area contributed by atoms with Gasteiger partial charge in [-0.1, -0.05) is 35.9 Å². The molecule has 5 nitrogen and oxygen atoms in total. The number of nitro benzene ring substituents is 1. The van der Waals surface area contributed by atoms with Crippen molar-refractivity contribution in [2.45, 2.75) is 6.92 Å². The number of ketones is 1. The van der Waals surface area contributed by atoms with Crippen LogP contribution in [-0.4, -0.2) is 10.7 Å². The Labute approximate surface area is 122 Å². The predicted octanol–water partition coefficient (Wildman–Crippen LogP) is 3.71. The normalized spacial score (nSPS) is 10.5. The molecule has 2 aromatic rings. The Hall–Kier alpha value is -2.95. The van der Waals surface area contributed by atoms with Gasteiger partial charge < -0.3 is 5.32 Å². The molecule has 106 valence electrons. The maximum absolute atomic E-state index is 11.9. The summed E-state index contributed by atoms with van der Waals surface area (Å²) in [6.07, 6.45) is 2.87. The number of hydrogen-bond acceptors (Lipinski definition) is 4. The van der Waals surface area contributed by atoms with Gasteiger partial charge in [0.15, 0.2) is 5.78 Å². The van der Waals surface area contributed by atoms with Crippen LogP contribution in [-0.2, 0) is 0 Å². The summed E-state index contributed by atoms with van der Waals surface area (Å²) >= 11 is 0. The van der Waals surface area contributed by atoms with E-state index in [4.69, 9.17) is 0 Å². The number of allylic oxidation sites excluding steroid dienone is 1. The summed E-state index contributed by atoms with van der Waals surface area (Å²) in [7, 11) is 0. The lowest BCUT2D eigenvalue weighted by molar-refractivity contribution is -0.384. The van der Waals surface area contributed by atoms with Crippen molar-refractivity contribution in [1.82, 2.24) is 0 Å². The predicted molar refractivity (Wildman–Crippen MR) is 81.4 cm³/mol.